The van der Waals surface area contributed by atoms with Crippen molar-refractivity contribution in [2.45, 2.75) is 32.7 Å². The third-order valence-electron chi connectivity index (χ3n) is 3.15. The highest BCUT2D eigenvalue weighted by Crippen LogP contribution is 2.24. The van der Waals surface area contributed by atoms with E-state index in [0.717, 1.165) is 0 Å². The van der Waals surface area contributed by atoms with Gasteiger partial charge in [-0.2, -0.15) is 0 Å². The zero-order valence-electron chi connectivity index (χ0n) is 13.8. The molecule has 1 saturated heterocycles. The molecule has 1 aliphatic heterocycles. The summed E-state index contributed by atoms with van der Waals surface area (Å²) >= 11 is 0. The van der Waals surface area contributed by atoms with Crippen LogP contribution in [0.5, 0.6) is 5.75 Å². The Balaban J connectivity index is 2.12. The summed E-state index contributed by atoms with van der Waals surface area (Å²) in [6.45, 7) is 4.53. The largest absolute Gasteiger partial charge is 0.479 e. The minimum Gasteiger partial charge on any atom is -0.479 e. The molecule has 1 fully saturated rings. The average molecular weight is 334 g/mol. The Morgan fingerprint density at radius 3 is 2.17 bits per heavy atom. The van der Waals surface area contributed by atoms with Crippen molar-refractivity contribution in [2.24, 2.45) is 0 Å². The van der Waals surface area contributed by atoms with Crippen LogP contribution < -0.4 is 4.74 Å². The lowest BCUT2D eigenvalue weighted by Crippen LogP contribution is -2.41. The molecule has 0 N–H and O–H groups in total. The summed E-state index contributed by atoms with van der Waals surface area (Å²) in [6.07, 6.45) is 0.623. The second-order valence-electron chi connectivity index (χ2n) is 5.59. The van der Waals surface area contributed by atoms with Crippen LogP contribution in [0, 0.1) is 0 Å². The van der Waals surface area contributed by atoms with Gasteiger partial charge in [-0.25, -0.2) is 14.4 Å². The van der Waals surface area contributed by atoms with E-state index in [1.165, 1.54) is 27.0 Å². The smallest absolute Gasteiger partial charge is 0.348 e. The summed E-state index contributed by atoms with van der Waals surface area (Å²) in [6, 6.07) is 6.48. The van der Waals surface area contributed by atoms with E-state index >= 15 is 0 Å². The van der Waals surface area contributed by atoms with Gasteiger partial charge in [0.05, 0.1) is 7.11 Å². The molecule has 0 amide bonds. The first kappa shape index (κ1) is 17.5. The number of hydrogen-bond donors (Lipinski definition) is 0. The molecule has 1 aliphatic rings. The monoisotopic (exact) mass is 334 g/mol. The third kappa shape index (κ3) is 4.13. The van der Waals surface area contributed by atoms with Gasteiger partial charge in [0.2, 0.25) is 0 Å². The van der Waals surface area contributed by atoms with E-state index in [0.29, 0.717) is 11.3 Å². The maximum atomic E-state index is 11.9. The molecule has 0 bridgehead atoms. The Labute approximate surface area is 139 Å². The van der Waals surface area contributed by atoms with Gasteiger partial charge in [0.25, 0.3) is 5.79 Å². The maximum Gasteiger partial charge on any atom is 0.348 e. The maximum absolute atomic E-state index is 11.9. The molecule has 7 heteroatoms. The van der Waals surface area contributed by atoms with Crippen molar-refractivity contribution in [3.8, 4) is 5.75 Å². The standard InChI is InChI=1S/C17H18O7/c1-10(14(18)21-4)22-12-7-5-11(6-8-12)9-13-15(19)23-17(2,3)24-16(13)20/h5-10H,1-4H3. The quantitative estimate of drug-likeness (QED) is 0.471. The molecule has 7 nitrogen and oxygen atoms in total. The van der Waals surface area contributed by atoms with Crippen LogP contribution in [0.25, 0.3) is 6.08 Å². The lowest BCUT2D eigenvalue weighted by molar-refractivity contribution is -0.222. The van der Waals surface area contributed by atoms with Crippen LogP contribution in [-0.2, 0) is 28.6 Å². The Kier molecular flexibility index (Phi) is 4.92. The number of carbonyl (C=O) groups is 3. The molecule has 1 aromatic rings. The summed E-state index contributed by atoms with van der Waals surface area (Å²) in [4.78, 5) is 35.1. The van der Waals surface area contributed by atoms with Crippen LogP contribution in [0.4, 0.5) is 0 Å². The van der Waals surface area contributed by atoms with Crippen molar-refractivity contribution in [1.29, 1.82) is 0 Å². The predicted octanol–water partition coefficient (Wildman–Crippen LogP) is 1.85. The average Bonchev–Trinajstić information content (AvgIpc) is 2.50. The minimum atomic E-state index is -1.27. The molecule has 0 aliphatic carbocycles. The summed E-state index contributed by atoms with van der Waals surface area (Å²) in [5.41, 5.74) is 0.391. The zero-order valence-corrected chi connectivity index (χ0v) is 13.8. The molecular weight excluding hydrogens is 316 g/mol. The summed E-state index contributed by atoms with van der Waals surface area (Å²) in [5, 5.41) is 0. The van der Waals surface area contributed by atoms with Gasteiger partial charge in [-0.15, -0.1) is 0 Å². The van der Waals surface area contributed by atoms with Crippen molar-refractivity contribution >= 4 is 24.0 Å². The van der Waals surface area contributed by atoms with Crippen LogP contribution in [0.2, 0.25) is 0 Å². The van der Waals surface area contributed by atoms with Crippen molar-refractivity contribution in [2.75, 3.05) is 7.11 Å². The van der Waals surface area contributed by atoms with Gasteiger partial charge in [-0.3, -0.25) is 0 Å². The van der Waals surface area contributed by atoms with Gasteiger partial charge in [-0.05, 0) is 30.7 Å². The highest BCUT2D eigenvalue weighted by Gasteiger charge is 2.38. The van der Waals surface area contributed by atoms with Crippen LogP contribution in [0.1, 0.15) is 26.3 Å². The van der Waals surface area contributed by atoms with Crippen LogP contribution in [-0.4, -0.2) is 36.9 Å². The zero-order chi connectivity index (χ0) is 17.9. The lowest BCUT2D eigenvalue weighted by atomic mass is 10.1. The molecule has 128 valence electrons. The number of esters is 3. The SMILES string of the molecule is COC(=O)C(C)Oc1ccc(C=C2C(=O)OC(C)(C)OC2=O)cc1. The topological polar surface area (TPSA) is 88.1 Å². The molecule has 24 heavy (non-hydrogen) atoms. The molecule has 0 spiro atoms. The Morgan fingerprint density at radius 1 is 1.12 bits per heavy atom. The fourth-order valence-electron chi connectivity index (χ4n) is 2.01. The Morgan fingerprint density at radius 2 is 1.67 bits per heavy atom. The fraction of sp³-hybridized carbons (Fsp3) is 0.353. The minimum absolute atomic E-state index is 0.189. The summed E-state index contributed by atoms with van der Waals surface area (Å²) in [5.74, 6) is -2.79. The predicted molar refractivity (Wildman–Crippen MR) is 82.8 cm³/mol. The Hall–Kier alpha value is -2.83. The molecular formula is C17H18O7. The number of benzene rings is 1. The third-order valence-corrected chi connectivity index (χ3v) is 3.15. The van der Waals surface area contributed by atoms with Gasteiger partial charge < -0.3 is 18.9 Å². The lowest BCUT2D eigenvalue weighted by Gasteiger charge is -2.29. The van der Waals surface area contributed by atoms with E-state index in [9.17, 15) is 14.4 Å². The number of cyclic esters (lactones) is 2. The highest BCUT2D eigenvalue weighted by molar-refractivity contribution is 6.18. The molecule has 0 aromatic heterocycles. The van der Waals surface area contributed by atoms with Crippen LogP contribution in [0.15, 0.2) is 29.8 Å². The molecule has 1 aromatic carbocycles. The molecule has 1 unspecified atom stereocenters. The van der Waals surface area contributed by atoms with E-state index in [4.69, 9.17) is 14.2 Å². The first-order valence-electron chi connectivity index (χ1n) is 7.25. The number of hydrogen-bond acceptors (Lipinski definition) is 7. The van der Waals surface area contributed by atoms with E-state index in [2.05, 4.69) is 4.74 Å². The summed E-state index contributed by atoms with van der Waals surface area (Å²) < 4.78 is 20.0. The van der Waals surface area contributed by atoms with E-state index in [-0.39, 0.29) is 5.57 Å². The number of methoxy groups -OCH3 is 1. The molecule has 0 saturated carbocycles. The second kappa shape index (κ2) is 6.74. The van der Waals surface area contributed by atoms with Gasteiger partial charge in [-0.1, -0.05) is 12.1 Å². The van der Waals surface area contributed by atoms with Gasteiger partial charge >= 0.3 is 17.9 Å². The Bertz CT molecular complexity index is 663. The fourth-order valence-corrected chi connectivity index (χ4v) is 2.01. The highest BCUT2D eigenvalue weighted by atomic mass is 16.7. The van der Waals surface area contributed by atoms with Crippen molar-refractivity contribution in [3.63, 3.8) is 0 Å². The summed E-state index contributed by atoms with van der Waals surface area (Å²) in [7, 11) is 1.28. The van der Waals surface area contributed by atoms with Crippen LogP contribution >= 0.6 is 0 Å². The van der Waals surface area contributed by atoms with Gasteiger partial charge in [0.1, 0.15) is 11.3 Å². The molecule has 1 atom stereocenters. The molecule has 2 rings (SSSR count). The van der Waals surface area contributed by atoms with E-state index in [1.54, 1.807) is 31.2 Å². The van der Waals surface area contributed by atoms with Gasteiger partial charge in [0, 0.05) is 13.8 Å². The van der Waals surface area contributed by atoms with Gasteiger partial charge in [0.15, 0.2) is 6.10 Å². The van der Waals surface area contributed by atoms with Crippen molar-refractivity contribution in [3.05, 3.63) is 35.4 Å². The number of ether oxygens (including phenoxy) is 4. The van der Waals surface area contributed by atoms with Crippen LogP contribution in [0.3, 0.4) is 0 Å². The first-order valence-corrected chi connectivity index (χ1v) is 7.25. The van der Waals surface area contributed by atoms with Crippen molar-refractivity contribution in [1.82, 2.24) is 0 Å². The second-order valence-corrected chi connectivity index (χ2v) is 5.59. The number of carbonyl (C=O) groups excluding carboxylic acids is 3. The normalized spacial score (nSPS) is 17.4. The molecule has 1 heterocycles. The number of rotatable bonds is 4. The van der Waals surface area contributed by atoms with E-state index < -0.39 is 29.8 Å². The first-order chi connectivity index (χ1) is 11.2. The van der Waals surface area contributed by atoms with E-state index in [1.807, 2.05) is 0 Å². The molecule has 0 radical (unpaired) electrons. The van der Waals surface area contributed by atoms with Crippen molar-refractivity contribution < 1.29 is 33.3 Å².